The molecule has 0 spiro atoms. The normalized spacial score (nSPS) is 19.6. The highest BCUT2D eigenvalue weighted by Gasteiger charge is 2.14. The van der Waals surface area contributed by atoms with Crippen molar-refractivity contribution in [2.45, 2.75) is 18.9 Å². The molecule has 5 nitrogen and oxygen atoms in total. The van der Waals surface area contributed by atoms with E-state index in [2.05, 4.69) is 16.0 Å². The van der Waals surface area contributed by atoms with Crippen LogP contribution in [-0.4, -0.2) is 30.3 Å². The summed E-state index contributed by atoms with van der Waals surface area (Å²) in [5, 5.41) is 18.0. The molecule has 1 atom stereocenters. The Morgan fingerprint density at radius 3 is 2.76 bits per heavy atom. The van der Waals surface area contributed by atoms with Gasteiger partial charge in [0.05, 0.1) is 0 Å². The molecular weight excluding hydrogens is 218 g/mol. The summed E-state index contributed by atoms with van der Waals surface area (Å²) >= 11 is 0. The largest absolute Gasteiger partial charge is 0.508 e. The first-order chi connectivity index (χ1) is 8.24. The molecule has 0 aromatic heterocycles. The summed E-state index contributed by atoms with van der Waals surface area (Å²) in [6, 6.07) is 6.39. The van der Waals surface area contributed by atoms with E-state index in [9.17, 15) is 4.79 Å². The summed E-state index contributed by atoms with van der Waals surface area (Å²) in [7, 11) is 0. The van der Waals surface area contributed by atoms with Crippen molar-refractivity contribution in [3.8, 4) is 5.75 Å². The number of rotatable bonds is 2. The number of aromatic hydroxyl groups is 1. The van der Waals surface area contributed by atoms with E-state index in [-0.39, 0.29) is 17.8 Å². The number of phenols is 1. The van der Waals surface area contributed by atoms with Gasteiger partial charge in [0.1, 0.15) is 5.75 Å². The average Bonchev–Trinajstić information content (AvgIpc) is 2.33. The van der Waals surface area contributed by atoms with Crippen LogP contribution in [0, 0.1) is 0 Å². The molecular formula is C12H17N3O2. The monoisotopic (exact) mass is 235 g/mol. The van der Waals surface area contributed by atoms with Crippen molar-refractivity contribution in [3.05, 3.63) is 24.3 Å². The quantitative estimate of drug-likeness (QED) is 0.583. The zero-order valence-electron chi connectivity index (χ0n) is 9.57. The van der Waals surface area contributed by atoms with Crippen molar-refractivity contribution in [1.82, 2.24) is 10.6 Å². The number of urea groups is 1. The smallest absolute Gasteiger partial charge is 0.319 e. The second-order valence-electron chi connectivity index (χ2n) is 4.19. The molecule has 1 aromatic rings. The van der Waals surface area contributed by atoms with Gasteiger partial charge >= 0.3 is 6.03 Å². The molecule has 1 heterocycles. The van der Waals surface area contributed by atoms with E-state index in [1.807, 2.05) is 0 Å². The fourth-order valence-electron chi connectivity index (χ4n) is 1.87. The molecule has 0 bridgehead atoms. The van der Waals surface area contributed by atoms with Gasteiger partial charge in [-0.1, -0.05) is 0 Å². The Hall–Kier alpha value is -1.75. The number of anilines is 1. The molecule has 0 aliphatic carbocycles. The van der Waals surface area contributed by atoms with Crippen LogP contribution < -0.4 is 16.0 Å². The Morgan fingerprint density at radius 2 is 2.12 bits per heavy atom. The highest BCUT2D eigenvalue weighted by atomic mass is 16.3. The second kappa shape index (κ2) is 5.54. The van der Waals surface area contributed by atoms with Crippen LogP contribution in [0.25, 0.3) is 0 Å². The van der Waals surface area contributed by atoms with Crippen LogP contribution >= 0.6 is 0 Å². The Balaban J connectivity index is 1.82. The third kappa shape index (κ3) is 3.64. The number of amides is 2. The van der Waals surface area contributed by atoms with Crippen LogP contribution in [0.4, 0.5) is 10.5 Å². The summed E-state index contributed by atoms with van der Waals surface area (Å²) in [6.07, 6.45) is 2.10. The number of carbonyl (C=O) groups excluding carboxylic acids is 1. The Kier molecular flexibility index (Phi) is 3.82. The van der Waals surface area contributed by atoms with Crippen LogP contribution in [0.15, 0.2) is 24.3 Å². The maximum Gasteiger partial charge on any atom is 0.319 e. The number of piperidine rings is 1. The van der Waals surface area contributed by atoms with Gasteiger partial charge in [0.25, 0.3) is 0 Å². The standard InChI is InChI=1S/C12H17N3O2/c16-11-5-3-9(4-6-11)14-12(17)15-10-2-1-7-13-8-10/h3-6,10,13,16H,1-2,7-8H2,(H2,14,15,17). The zero-order valence-corrected chi connectivity index (χ0v) is 9.57. The van der Waals surface area contributed by atoms with E-state index in [0.29, 0.717) is 5.69 Å². The maximum atomic E-state index is 11.7. The molecule has 4 N–H and O–H groups in total. The minimum Gasteiger partial charge on any atom is -0.508 e. The third-order valence-electron chi connectivity index (χ3n) is 2.76. The minimum atomic E-state index is -0.204. The fourth-order valence-corrected chi connectivity index (χ4v) is 1.87. The molecule has 2 amide bonds. The first-order valence-corrected chi connectivity index (χ1v) is 5.81. The number of phenolic OH excluding ortho intramolecular Hbond substituents is 1. The molecule has 1 aromatic carbocycles. The number of benzene rings is 1. The number of carbonyl (C=O) groups is 1. The van der Waals surface area contributed by atoms with E-state index >= 15 is 0 Å². The first-order valence-electron chi connectivity index (χ1n) is 5.81. The van der Waals surface area contributed by atoms with Crippen LogP contribution in [0.3, 0.4) is 0 Å². The van der Waals surface area contributed by atoms with Crippen molar-refractivity contribution in [3.63, 3.8) is 0 Å². The minimum absolute atomic E-state index is 0.187. The Bertz CT molecular complexity index is 372. The van der Waals surface area contributed by atoms with Gasteiger partial charge in [0, 0.05) is 18.3 Å². The highest BCUT2D eigenvalue weighted by molar-refractivity contribution is 5.89. The average molecular weight is 235 g/mol. The van der Waals surface area contributed by atoms with Gasteiger partial charge in [-0.2, -0.15) is 0 Å². The first kappa shape index (κ1) is 11.7. The van der Waals surface area contributed by atoms with Gasteiger partial charge in [-0.15, -0.1) is 0 Å². The van der Waals surface area contributed by atoms with Crippen molar-refractivity contribution in [2.75, 3.05) is 18.4 Å². The van der Waals surface area contributed by atoms with Crippen molar-refractivity contribution >= 4 is 11.7 Å². The molecule has 1 saturated heterocycles. The molecule has 0 radical (unpaired) electrons. The van der Waals surface area contributed by atoms with Crippen molar-refractivity contribution in [1.29, 1.82) is 0 Å². The van der Waals surface area contributed by atoms with Gasteiger partial charge in [-0.3, -0.25) is 0 Å². The summed E-state index contributed by atoms with van der Waals surface area (Å²) in [6.45, 7) is 1.85. The van der Waals surface area contributed by atoms with E-state index < -0.39 is 0 Å². The number of hydrogen-bond donors (Lipinski definition) is 4. The van der Waals surface area contributed by atoms with Gasteiger partial charge in [-0.25, -0.2) is 4.79 Å². The van der Waals surface area contributed by atoms with E-state index in [0.717, 1.165) is 25.9 Å². The second-order valence-corrected chi connectivity index (χ2v) is 4.19. The predicted octanol–water partition coefficient (Wildman–Crippen LogP) is 1.27. The van der Waals surface area contributed by atoms with E-state index in [1.54, 1.807) is 12.1 Å². The molecule has 2 rings (SSSR count). The molecule has 1 unspecified atom stereocenters. The molecule has 0 saturated carbocycles. The third-order valence-corrected chi connectivity index (χ3v) is 2.76. The van der Waals surface area contributed by atoms with Gasteiger partial charge in [-0.05, 0) is 43.7 Å². The maximum absolute atomic E-state index is 11.7. The molecule has 92 valence electrons. The molecule has 1 fully saturated rings. The van der Waals surface area contributed by atoms with Gasteiger partial charge in [0.15, 0.2) is 0 Å². The Morgan fingerprint density at radius 1 is 1.35 bits per heavy atom. The van der Waals surface area contributed by atoms with Crippen molar-refractivity contribution < 1.29 is 9.90 Å². The topological polar surface area (TPSA) is 73.4 Å². The lowest BCUT2D eigenvalue weighted by molar-refractivity contribution is 0.245. The summed E-state index contributed by atoms with van der Waals surface area (Å²) < 4.78 is 0. The Labute approximate surface area is 100 Å². The number of hydrogen-bond acceptors (Lipinski definition) is 3. The van der Waals surface area contributed by atoms with Crippen LogP contribution in [0.5, 0.6) is 5.75 Å². The highest BCUT2D eigenvalue weighted by Crippen LogP contribution is 2.13. The SMILES string of the molecule is O=C(Nc1ccc(O)cc1)NC1CCCNC1. The predicted molar refractivity (Wildman–Crippen MR) is 66.2 cm³/mol. The van der Waals surface area contributed by atoms with Crippen LogP contribution in [0.1, 0.15) is 12.8 Å². The summed E-state index contributed by atoms with van der Waals surface area (Å²) in [4.78, 5) is 11.7. The van der Waals surface area contributed by atoms with Crippen LogP contribution in [-0.2, 0) is 0 Å². The van der Waals surface area contributed by atoms with Crippen molar-refractivity contribution in [2.24, 2.45) is 0 Å². The van der Waals surface area contributed by atoms with E-state index in [4.69, 9.17) is 5.11 Å². The lowest BCUT2D eigenvalue weighted by Crippen LogP contribution is -2.47. The lowest BCUT2D eigenvalue weighted by Gasteiger charge is -2.23. The van der Waals surface area contributed by atoms with Gasteiger partial charge in [0.2, 0.25) is 0 Å². The lowest BCUT2D eigenvalue weighted by atomic mass is 10.1. The molecule has 1 aliphatic rings. The van der Waals surface area contributed by atoms with Gasteiger partial charge < -0.3 is 21.1 Å². The molecule has 1 aliphatic heterocycles. The fraction of sp³-hybridized carbons (Fsp3) is 0.417. The number of nitrogens with one attached hydrogen (secondary N) is 3. The van der Waals surface area contributed by atoms with E-state index in [1.165, 1.54) is 12.1 Å². The molecule has 17 heavy (non-hydrogen) atoms. The summed E-state index contributed by atoms with van der Waals surface area (Å²) in [5.41, 5.74) is 0.670. The zero-order chi connectivity index (χ0) is 12.1. The molecule has 5 heteroatoms. The van der Waals surface area contributed by atoms with Crippen LogP contribution in [0.2, 0.25) is 0 Å². The summed E-state index contributed by atoms with van der Waals surface area (Å²) in [5.74, 6) is 0.187.